The SMILES string of the molecule is CC/C=C\C/C=C\C/C=C\C/C=C\C/C=C\CCCCCCCCCCCCCCCCCC(=O)OCC(COC(=O)CCCCCCCCCCCCCC)OC(=O)CCCCC/C=C\C/C=C\C/C=C\C/C=C\C/C=C\CC. The molecule has 0 aliphatic heterocycles. The normalized spacial score (nSPS) is 12.9. The summed E-state index contributed by atoms with van der Waals surface area (Å²) in [5.74, 6) is -0.914. The van der Waals surface area contributed by atoms with Gasteiger partial charge in [-0.25, -0.2) is 0 Å². The Labute approximate surface area is 494 Å². The maximum absolute atomic E-state index is 12.9. The van der Waals surface area contributed by atoms with Crippen molar-refractivity contribution in [1.82, 2.24) is 0 Å². The first-order chi connectivity index (χ1) is 39.5. The van der Waals surface area contributed by atoms with Crippen molar-refractivity contribution < 1.29 is 28.6 Å². The zero-order valence-electron chi connectivity index (χ0n) is 52.3. The molecule has 0 amide bonds. The summed E-state index contributed by atoms with van der Waals surface area (Å²) in [7, 11) is 0. The van der Waals surface area contributed by atoms with Crippen molar-refractivity contribution in [2.45, 2.75) is 316 Å². The summed E-state index contributed by atoms with van der Waals surface area (Å²) in [6.45, 7) is 6.40. The first-order valence-electron chi connectivity index (χ1n) is 33.5. The van der Waals surface area contributed by atoms with Gasteiger partial charge in [0, 0.05) is 19.3 Å². The zero-order chi connectivity index (χ0) is 57.8. The summed E-state index contributed by atoms with van der Waals surface area (Å²) < 4.78 is 16.9. The van der Waals surface area contributed by atoms with E-state index in [0.29, 0.717) is 12.8 Å². The number of ether oxygens (including phenoxy) is 3. The quantitative estimate of drug-likeness (QED) is 0.0261. The first-order valence-corrected chi connectivity index (χ1v) is 33.5. The number of esters is 3. The highest BCUT2D eigenvalue weighted by Crippen LogP contribution is 2.17. The van der Waals surface area contributed by atoms with Crippen LogP contribution in [0.5, 0.6) is 0 Å². The molecule has 6 nitrogen and oxygen atoms in total. The van der Waals surface area contributed by atoms with Crippen molar-refractivity contribution in [2.24, 2.45) is 0 Å². The van der Waals surface area contributed by atoms with Crippen LogP contribution in [0.2, 0.25) is 0 Å². The maximum Gasteiger partial charge on any atom is 0.306 e. The minimum Gasteiger partial charge on any atom is -0.462 e. The molecule has 0 aromatic carbocycles. The highest BCUT2D eigenvalue weighted by Gasteiger charge is 2.19. The van der Waals surface area contributed by atoms with Crippen molar-refractivity contribution in [3.05, 3.63) is 122 Å². The summed E-state index contributed by atoms with van der Waals surface area (Å²) in [5, 5.41) is 0. The van der Waals surface area contributed by atoms with Gasteiger partial charge in [0.05, 0.1) is 0 Å². The van der Waals surface area contributed by atoms with Gasteiger partial charge >= 0.3 is 17.9 Å². The highest BCUT2D eigenvalue weighted by molar-refractivity contribution is 5.71. The van der Waals surface area contributed by atoms with Crippen LogP contribution in [0.15, 0.2) is 122 Å². The van der Waals surface area contributed by atoms with E-state index in [9.17, 15) is 14.4 Å². The van der Waals surface area contributed by atoms with Crippen molar-refractivity contribution >= 4 is 17.9 Å². The minimum atomic E-state index is -0.796. The van der Waals surface area contributed by atoms with Gasteiger partial charge in [-0.15, -0.1) is 0 Å². The van der Waals surface area contributed by atoms with Crippen LogP contribution in [-0.2, 0) is 28.6 Å². The zero-order valence-corrected chi connectivity index (χ0v) is 52.3. The molecule has 1 atom stereocenters. The average molecular weight is 1110 g/mol. The molecule has 0 bridgehead atoms. The Morgan fingerprint density at radius 1 is 0.263 bits per heavy atom. The summed E-state index contributed by atoms with van der Waals surface area (Å²) in [6.07, 6.45) is 93.6. The van der Waals surface area contributed by atoms with E-state index in [1.165, 1.54) is 141 Å². The van der Waals surface area contributed by atoms with Gasteiger partial charge in [-0.1, -0.05) is 303 Å². The Balaban J connectivity index is 4.26. The number of unbranched alkanes of at least 4 members (excludes halogenated alkanes) is 29. The lowest BCUT2D eigenvalue weighted by atomic mass is 10.0. The fourth-order valence-electron chi connectivity index (χ4n) is 9.26. The van der Waals surface area contributed by atoms with Crippen LogP contribution in [0, 0.1) is 0 Å². The predicted molar refractivity (Wildman–Crippen MR) is 348 cm³/mol. The molecule has 0 saturated heterocycles. The summed E-state index contributed by atoms with van der Waals surface area (Å²) in [5.41, 5.74) is 0. The van der Waals surface area contributed by atoms with E-state index < -0.39 is 6.10 Å². The van der Waals surface area contributed by atoms with E-state index in [0.717, 1.165) is 128 Å². The van der Waals surface area contributed by atoms with Gasteiger partial charge in [0.2, 0.25) is 0 Å². The number of carbonyl (C=O) groups excluding carboxylic acids is 3. The lowest BCUT2D eigenvalue weighted by Gasteiger charge is -2.18. The Morgan fingerprint density at radius 3 is 0.775 bits per heavy atom. The van der Waals surface area contributed by atoms with Crippen LogP contribution < -0.4 is 0 Å². The lowest BCUT2D eigenvalue weighted by Crippen LogP contribution is -2.30. The molecule has 0 aromatic rings. The van der Waals surface area contributed by atoms with Crippen LogP contribution in [0.3, 0.4) is 0 Å². The van der Waals surface area contributed by atoms with Gasteiger partial charge in [0.1, 0.15) is 13.2 Å². The summed E-state index contributed by atoms with van der Waals surface area (Å²) >= 11 is 0. The van der Waals surface area contributed by atoms with Gasteiger partial charge in [-0.05, 0) is 109 Å². The monoisotopic (exact) mass is 1110 g/mol. The molecule has 80 heavy (non-hydrogen) atoms. The van der Waals surface area contributed by atoms with Crippen LogP contribution in [-0.4, -0.2) is 37.2 Å². The number of hydrogen-bond acceptors (Lipinski definition) is 6. The fraction of sp³-hybridized carbons (Fsp3) is 0.689. The predicted octanol–water partition coefficient (Wildman–Crippen LogP) is 23.2. The second-order valence-corrected chi connectivity index (χ2v) is 22.0. The van der Waals surface area contributed by atoms with Crippen LogP contribution in [0.25, 0.3) is 0 Å². The third-order valence-corrected chi connectivity index (χ3v) is 14.2. The molecule has 456 valence electrons. The van der Waals surface area contributed by atoms with Crippen molar-refractivity contribution in [2.75, 3.05) is 13.2 Å². The maximum atomic E-state index is 12.9. The minimum absolute atomic E-state index is 0.0896. The van der Waals surface area contributed by atoms with E-state index in [-0.39, 0.29) is 37.5 Å². The molecule has 0 fully saturated rings. The molecular formula is C74H124O6. The van der Waals surface area contributed by atoms with E-state index in [4.69, 9.17) is 14.2 Å². The Bertz CT molecular complexity index is 1650. The average Bonchev–Trinajstić information content (AvgIpc) is 3.46. The topological polar surface area (TPSA) is 78.9 Å². The third kappa shape index (κ3) is 64.6. The van der Waals surface area contributed by atoms with Gasteiger partial charge in [-0.2, -0.15) is 0 Å². The molecular weight excluding hydrogens is 985 g/mol. The molecule has 6 heteroatoms. The first kappa shape index (κ1) is 75.8. The van der Waals surface area contributed by atoms with Crippen LogP contribution in [0.4, 0.5) is 0 Å². The molecule has 0 aromatic heterocycles. The standard InChI is InChI=1S/C74H124O6/c1-4-7-10-13-16-19-22-25-27-29-31-32-33-34-35-36-37-38-39-40-41-42-44-45-47-49-52-55-58-61-64-67-73(76)79-70-71(69-78-72(75)66-63-60-57-54-51-24-21-18-15-12-9-6-3)80-74(77)68-65-62-59-56-53-50-48-46-43-30-28-26-23-20-17-14-11-8-5-2/h7-8,10-11,16-17,19-20,25-28,31-32,34-35,43,46,50,53,71H,4-6,9,12-15,18,21-24,29-30,33,36-42,44-45,47-49,51-52,54-70H2,1-3H3/b10-7-,11-8-,19-16-,20-17-,27-25-,28-26-,32-31-,35-34-,46-43-,53-50-. The van der Waals surface area contributed by atoms with Gasteiger partial charge in [0.25, 0.3) is 0 Å². The van der Waals surface area contributed by atoms with Gasteiger partial charge in [-0.3, -0.25) is 14.4 Å². The van der Waals surface area contributed by atoms with Crippen LogP contribution >= 0.6 is 0 Å². The second-order valence-electron chi connectivity index (χ2n) is 22.0. The number of allylic oxidation sites excluding steroid dienone is 20. The second kappa shape index (κ2) is 67.3. The molecule has 0 aliphatic rings. The Hall–Kier alpha value is -4.19. The molecule has 0 aliphatic carbocycles. The van der Waals surface area contributed by atoms with Crippen molar-refractivity contribution in [3.63, 3.8) is 0 Å². The third-order valence-electron chi connectivity index (χ3n) is 14.2. The smallest absolute Gasteiger partial charge is 0.306 e. The Morgan fingerprint density at radius 2 is 0.487 bits per heavy atom. The summed E-state index contributed by atoms with van der Waals surface area (Å²) in [6, 6.07) is 0. The Kier molecular flexibility index (Phi) is 63.8. The molecule has 0 spiro atoms. The number of hydrogen-bond donors (Lipinski definition) is 0. The largest absolute Gasteiger partial charge is 0.462 e. The van der Waals surface area contributed by atoms with Crippen molar-refractivity contribution in [3.8, 4) is 0 Å². The van der Waals surface area contributed by atoms with E-state index in [1.54, 1.807) is 0 Å². The molecule has 0 radical (unpaired) electrons. The van der Waals surface area contributed by atoms with E-state index in [2.05, 4.69) is 142 Å². The number of rotatable bonds is 60. The van der Waals surface area contributed by atoms with E-state index >= 15 is 0 Å². The molecule has 1 unspecified atom stereocenters. The van der Waals surface area contributed by atoms with Crippen molar-refractivity contribution in [1.29, 1.82) is 0 Å². The van der Waals surface area contributed by atoms with E-state index in [1.807, 2.05) is 0 Å². The fourth-order valence-corrected chi connectivity index (χ4v) is 9.26. The highest BCUT2D eigenvalue weighted by atomic mass is 16.6. The molecule has 0 N–H and O–H groups in total. The van der Waals surface area contributed by atoms with Crippen LogP contribution in [0.1, 0.15) is 310 Å². The summed E-state index contributed by atoms with van der Waals surface area (Å²) in [4.78, 5) is 38.3. The molecule has 0 rings (SSSR count). The lowest BCUT2D eigenvalue weighted by molar-refractivity contribution is -0.167. The van der Waals surface area contributed by atoms with Gasteiger partial charge < -0.3 is 14.2 Å². The molecule has 0 heterocycles. The molecule has 0 saturated carbocycles. The number of carbonyl (C=O) groups is 3. The van der Waals surface area contributed by atoms with Gasteiger partial charge in [0.15, 0.2) is 6.10 Å².